The highest BCUT2D eigenvalue weighted by molar-refractivity contribution is 6.07. The molecule has 0 radical (unpaired) electrons. The Bertz CT molecular complexity index is 688. The van der Waals surface area contributed by atoms with E-state index in [1.54, 1.807) is 0 Å². The molecule has 2 N–H and O–H groups in total. The van der Waals surface area contributed by atoms with Crippen molar-refractivity contribution in [1.82, 2.24) is 0 Å². The van der Waals surface area contributed by atoms with E-state index in [2.05, 4.69) is 5.32 Å². The van der Waals surface area contributed by atoms with E-state index in [-0.39, 0.29) is 17.0 Å². The van der Waals surface area contributed by atoms with Gasteiger partial charge in [-0.15, -0.1) is 0 Å². The molecule has 0 aliphatic carbocycles. The molecule has 0 aliphatic heterocycles. The van der Waals surface area contributed by atoms with E-state index in [0.29, 0.717) is 0 Å². The predicted molar refractivity (Wildman–Crippen MR) is 69.1 cm³/mol. The topological polar surface area (TPSA) is 92.5 Å². The Morgan fingerprint density at radius 1 is 1.25 bits per heavy atom. The number of amides is 1. The lowest BCUT2D eigenvalue weighted by Crippen LogP contribution is -2.14. The van der Waals surface area contributed by atoms with E-state index in [1.807, 2.05) is 0 Å². The minimum Gasteiger partial charge on any atom is -0.508 e. The Kier molecular flexibility index (Phi) is 3.60. The second-order valence-corrected chi connectivity index (χ2v) is 3.92. The van der Waals surface area contributed by atoms with Gasteiger partial charge in [-0.1, -0.05) is 6.07 Å². The molecule has 2 aromatic rings. The Balaban J connectivity index is 2.34. The first-order valence-electron chi connectivity index (χ1n) is 5.51. The van der Waals surface area contributed by atoms with Gasteiger partial charge in [-0.25, -0.2) is 4.39 Å². The van der Waals surface area contributed by atoms with Crippen molar-refractivity contribution in [2.75, 3.05) is 5.32 Å². The molecule has 1 amide bonds. The first kappa shape index (κ1) is 13.5. The number of aromatic hydroxyl groups is 1. The van der Waals surface area contributed by atoms with Gasteiger partial charge < -0.3 is 10.4 Å². The first-order chi connectivity index (χ1) is 9.47. The van der Waals surface area contributed by atoms with Crippen LogP contribution in [0.5, 0.6) is 5.75 Å². The fourth-order valence-corrected chi connectivity index (χ4v) is 1.63. The van der Waals surface area contributed by atoms with E-state index in [0.717, 1.165) is 24.3 Å². The zero-order chi connectivity index (χ0) is 14.7. The summed E-state index contributed by atoms with van der Waals surface area (Å²) in [5, 5.41) is 22.5. The molecule has 0 fully saturated rings. The molecular formula is C13H9FN2O4. The summed E-state index contributed by atoms with van der Waals surface area (Å²) in [6.07, 6.45) is 0. The summed E-state index contributed by atoms with van der Waals surface area (Å²) in [5.74, 6) is -1.63. The van der Waals surface area contributed by atoms with Crippen molar-refractivity contribution in [3.05, 3.63) is 64.0 Å². The van der Waals surface area contributed by atoms with Gasteiger partial charge >= 0.3 is 0 Å². The van der Waals surface area contributed by atoms with Gasteiger partial charge in [-0.2, -0.15) is 0 Å². The highest BCUT2D eigenvalue weighted by Gasteiger charge is 2.20. The van der Waals surface area contributed by atoms with Crippen LogP contribution in [0.4, 0.5) is 15.8 Å². The lowest BCUT2D eigenvalue weighted by Gasteiger charge is -2.06. The molecule has 2 rings (SSSR count). The fourth-order valence-electron chi connectivity index (χ4n) is 1.63. The second kappa shape index (κ2) is 5.35. The molecule has 0 saturated carbocycles. The number of halogens is 1. The Labute approximate surface area is 112 Å². The van der Waals surface area contributed by atoms with Crippen LogP contribution < -0.4 is 5.32 Å². The maximum Gasteiger partial charge on any atom is 0.282 e. The molecule has 0 aromatic heterocycles. The van der Waals surface area contributed by atoms with Crippen LogP contribution in [0.3, 0.4) is 0 Å². The lowest BCUT2D eigenvalue weighted by molar-refractivity contribution is -0.385. The SMILES string of the molecule is O=C(Nc1cccc(F)c1)c1cc(O)ccc1[N+](=O)[O-]. The molecule has 0 heterocycles. The van der Waals surface area contributed by atoms with Gasteiger partial charge in [0.05, 0.1) is 4.92 Å². The summed E-state index contributed by atoms with van der Waals surface area (Å²) < 4.78 is 13.0. The van der Waals surface area contributed by atoms with Gasteiger partial charge in [0.15, 0.2) is 0 Å². The smallest absolute Gasteiger partial charge is 0.282 e. The minimum atomic E-state index is -0.807. The summed E-state index contributed by atoms with van der Waals surface area (Å²) in [6.45, 7) is 0. The summed E-state index contributed by atoms with van der Waals surface area (Å²) in [6, 6.07) is 8.22. The number of anilines is 1. The van der Waals surface area contributed by atoms with E-state index in [9.17, 15) is 24.4 Å². The normalized spacial score (nSPS) is 10.1. The van der Waals surface area contributed by atoms with Crippen molar-refractivity contribution in [1.29, 1.82) is 0 Å². The number of phenols is 1. The van der Waals surface area contributed by atoms with Crippen LogP contribution in [0, 0.1) is 15.9 Å². The molecule has 0 saturated heterocycles. The number of nitro groups is 1. The largest absolute Gasteiger partial charge is 0.508 e. The number of phenolic OH excluding ortho intramolecular Hbond substituents is 1. The third kappa shape index (κ3) is 2.89. The average molecular weight is 276 g/mol. The zero-order valence-corrected chi connectivity index (χ0v) is 10.0. The van der Waals surface area contributed by atoms with Crippen molar-refractivity contribution >= 4 is 17.3 Å². The summed E-state index contributed by atoms with van der Waals surface area (Å²) >= 11 is 0. The quantitative estimate of drug-likeness (QED) is 0.665. The number of benzene rings is 2. The third-order valence-corrected chi connectivity index (χ3v) is 2.50. The highest BCUT2D eigenvalue weighted by atomic mass is 19.1. The number of carbonyl (C=O) groups excluding carboxylic acids is 1. The van der Waals surface area contributed by atoms with Gasteiger partial charge in [0, 0.05) is 11.8 Å². The number of nitrogens with one attached hydrogen (secondary N) is 1. The molecule has 102 valence electrons. The number of rotatable bonds is 3. The van der Waals surface area contributed by atoms with Crippen LogP contribution in [0.2, 0.25) is 0 Å². The molecule has 2 aromatic carbocycles. The highest BCUT2D eigenvalue weighted by Crippen LogP contribution is 2.24. The Morgan fingerprint density at radius 3 is 2.65 bits per heavy atom. The van der Waals surface area contributed by atoms with Crippen molar-refractivity contribution in [2.24, 2.45) is 0 Å². The molecular weight excluding hydrogens is 267 g/mol. The fraction of sp³-hybridized carbons (Fsp3) is 0. The molecule has 6 nitrogen and oxygen atoms in total. The van der Waals surface area contributed by atoms with Gasteiger partial charge in [0.25, 0.3) is 11.6 Å². The van der Waals surface area contributed by atoms with Gasteiger partial charge in [0.1, 0.15) is 17.1 Å². The summed E-state index contributed by atoms with van der Waals surface area (Å²) in [7, 11) is 0. The van der Waals surface area contributed by atoms with Gasteiger partial charge in [0.2, 0.25) is 0 Å². The Hall–Kier alpha value is -2.96. The first-order valence-corrected chi connectivity index (χ1v) is 5.51. The van der Waals surface area contributed by atoms with Crippen molar-refractivity contribution in [2.45, 2.75) is 0 Å². The molecule has 0 spiro atoms. The van der Waals surface area contributed by atoms with Gasteiger partial charge in [-0.3, -0.25) is 14.9 Å². The second-order valence-electron chi connectivity index (χ2n) is 3.92. The van der Waals surface area contributed by atoms with Crippen molar-refractivity contribution < 1.29 is 19.2 Å². The van der Waals surface area contributed by atoms with E-state index >= 15 is 0 Å². The molecule has 0 aliphatic rings. The predicted octanol–water partition coefficient (Wildman–Crippen LogP) is 2.69. The van der Waals surface area contributed by atoms with Crippen LogP contribution in [-0.4, -0.2) is 15.9 Å². The van der Waals surface area contributed by atoms with Crippen LogP contribution >= 0.6 is 0 Å². The number of hydrogen-bond donors (Lipinski definition) is 2. The monoisotopic (exact) mass is 276 g/mol. The third-order valence-electron chi connectivity index (χ3n) is 2.50. The van der Waals surface area contributed by atoms with Crippen molar-refractivity contribution in [3.63, 3.8) is 0 Å². The molecule has 20 heavy (non-hydrogen) atoms. The van der Waals surface area contributed by atoms with Crippen LogP contribution in [0.25, 0.3) is 0 Å². The molecule has 0 bridgehead atoms. The maximum absolute atomic E-state index is 13.0. The summed E-state index contributed by atoms with van der Waals surface area (Å²) in [4.78, 5) is 22.0. The number of nitrogens with zero attached hydrogens (tertiary/aromatic N) is 1. The average Bonchev–Trinajstić information content (AvgIpc) is 2.38. The van der Waals surface area contributed by atoms with E-state index in [4.69, 9.17) is 0 Å². The Morgan fingerprint density at radius 2 is 2.00 bits per heavy atom. The number of carbonyl (C=O) groups is 1. The maximum atomic E-state index is 13.0. The molecule has 7 heteroatoms. The number of hydrogen-bond acceptors (Lipinski definition) is 4. The minimum absolute atomic E-state index is 0.160. The van der Waals surface area contributed by atoms with Crippen LogP contribution in [0.1, 0.15) is 10.4 Å². The van der Waals surface area contributed by atoms with Gasteiger partial charge in [-0.05, 0) is 30.3 Å². The lowest BCUT2D eigenvalue weighted by atomic mass is 10.1. The van der Waals surface area contributed by atoms with Crippen LogP contribution in [-0.2, 0) is 0 Å². The molecule has 0 atom stereocenters. The zero-order valence-electron chi connectivity index (χ0n) is 10.0. The van der Waals surface area contributed by atoms with Crippen LogP contribution in [0.15, 0.2) is 42.5 Å². The van der Waals surface area contributed by atoms with E-state index in [1.165, 1.54) is 18.2 Å². The molecule has 0 unspecified atom stereocenters. The number of nitro benzene ring substituents is 1. The van der Waals surface area contributed by atoms with Crippen molar-refractivity contribution in [3.8, 4) is 5.75 Å². The van der Waals surface area contributed by atoms with E-state index < -0.39 is 22.3 Å². The summed E-state index contributed by atoms with van der Waals surface area (Å²) in [5.41, 5.74) is -0.594. The standard InChI is InChI=1S/C13H9FN2O4/c14-8-2-1-3-9(6-8)15-13(18)11-7-10(17)4-5-12(11)16(19)20/h1-7,17H,(H,15,18).